The predicted octanol–water partition coefficient (Wildman–Crippen LogP) is 6.02. The summed E-state index contributed by atoms with van der Waals surface area (Å²) in [5, 5.41) is 61.1. The number of nitrogens with one attached hydrogen (secondary N) is 2. The highest BCUT2D eigenvalue weighted by Crippen LogP contribution is 2.56. The van der Waals surface area contributed by atoms with Crippen LogP contribution in [0.3, 0.4) is 0 Å². The Morgan fingerprint density at radius 2 is 1.91 bits per heavy atom. The van der Waals surface area contributed by atoms with Gasteiger partial charge in [-0.25, -0.2) is 0 Å². The summed E-state index contributed by atoms with van der Waals surface area (Å²) in [6.45, 7) is 2.67. The molecule has 7 aliphatic rings. The van der Waals surface area contributed by atoms with E-state index in [4.69, 9.17) is 10.5 Å². The minimum absolute atomic E-state index is 0.0132. The van der Waals surface area contributed by atoms with E-state index in [0.717, 1.165) is 48.1 Å². The van der Waals surface area contributed by atoms with Crippen molar-refractivity contribution >= 4 is 21.6 Å². The van der Waals surface area contributed by atoms with Crippen LogP contribution in [0.4, 0.5) is 0 Å². The molecule has 0 radical (unpaired) electrons. The monoisotopic (exact) mass is 801 g/mol. The van der Waals surface area contributed by atoms with Crippen molar-refractivity contribution in [2.24, 2.45) is 52.6 Å². The van der Waals surface area contributed by atoms with Crippen molar-refractivity contribution in [1.82, 2.24) is 10.3 Å². The first-order valence-corrected chi connectivity index (χ1v) is 23.3. The molecule has 0 amide bonds. The standard InChI is InChI=1S/C45H59N3O6S2/c1-2-45-13-11-27-6-7-28(19-38(51)41(27)43(53)31-16-26(22-45)5-9-33(45)17-31)29-8-10-37(50)39(20-29)54-40-21-30(18-34-4-3-14-47-34)35-12-15-48-44(46)36(35)25-56-55-24-32(23-49)42(40)52/h3-4,6-8,10,12,14,20,26-28,30-33,38,40-43,47-53H,2,5,9,15-19,21-25,46H2,1H3. The fourth-order valence-electron chi connectivity index (χ4n) is 11.0. The number of aliphatic hydroxyl groups excluding tert-OH is 4. The number of aromatic hydroxyl groups is 1. The normalized spacial score (nSPS) is 38.5. The highest BCUT2D eigenvalue weighted by atomic mass is 33.1. The van der Waals surface area contributed by atoms with Gasteiger partial charge in [0.05, 0.1) is 18.3 Å². The molecule has 9 rings (SSSR count). The minimum atomic E-state index is -1.02. The maximum absolute atomic E-state index is 12.1. The number of benzene rings is 1. The van der Waals surface area contributed by atoms with Crippen LogP contribution in [0.15, 0.2) is 71.7 Å². The van der Waals surface area contributed by atoms with Gasteiger partial charge < -0.3 is 46.3 Å². The van der Waals surface area contributed by atoms with E-state index in [1.54, 1.807) is 27.7 Å². The summed E-state index contributed by atoms with van der Waals surface area (Å²) in [5.74, 6) is 9.34. The van der Waals surface area contributed by atoms with Crippen molar-refractivity contribution < 1.29 is 30.3 Å². The summed E-state index contributed by atoms with van der Waals surface area (Å²) in [6.07, 6.45) is 13.2. The van der Waals surface area contributed by atoms with E-state index in [2.05, 4.69) is 53.4 Å². The van der Waals surface area contributed by atoms with E-state index in [1.807, 2.05) is 24.4 Å². The van der Waals surface area contributed by atoms with Gasteiger partial charge in [0.2, 0.25) is 0 Å². The van der Waals surface area contributed by atoms with Crippen LogP contribution in [0.2, 0.25) is 0 Å². The van der Waals surface area contributed by atoms with Crippen LogP contribution in [-0.2, 0) is 6.42 Å². The molecule has 2 aliphatic heterocycles. The lowest BCUT2D eigenvalue weighted by Gasteiger charge is -2.41. The van der Waals surface area contributed by atoms with Gasteiger partial charge >= 0.3 is 0 Å². The third-order valence-electron chi connectivity index (χ3n) is 14.2. The summed E-state index contributed by atoms with van der Waals surface area (Å²) in [7, 11) is 3.26. The summed E-state index contributed by atoms with van der Waals surface area (Å²) in [6, 6.07) is 9.36. The first-order chi connectivity index (χ1) is 27.2. The van der Waals surface area contributed by atoms with Crippen molar-refractivity contribution in [1.29, 1.82) is 0 Å². The Morgan fingerprint density at radius 1 is 1.04 bits per heavy atom. The Bertz CT molecular complexity index is 1850. The molecule has 11 heteroatoms. The van der Waals surface area contributed by atoms with Crippen LogP contribution >= 0.6 is 21.6 Å². The van der Waals surface area contributed by atoms with E-state index in [1.165, 1.54) is 12.8 Å². The molecular formula is C45H59N3O6S2. The Balaban J connectivity index is 1.10. The van der Waals surface area contributed by atoms with Gasteiger partial charge in [-0.15, -0.1) is 0 Å². The number of phenolic OH excluding ortho intramolecular Hbond substituents is 1. The van der Waals surface area contributed by atoms with Crippen LogP contribution in [0.25, 0.3) is 0 Å². The number of H-pyrrole nitrogens is 1. The number of hydrogen-bond acceptors (Lipinski definition) is 10. The Morgan fingerprint density at radius 3 is 2.71 bits per heavy atom. The molecular weight excluding hydrogens is 743 g/mol. The van der Waals surface area contributed by atoms with E-state index < -0.39 is 30.3 Å². The number of hydrogen-bond donors (Lipinski definition) is 8. The summed E-state index contributed by atoms with van der Waals surface area (Å²) >= 11 is 0. The van der Waals surface area contributed by atoms with Crippen molar-refractivity contribution in [2.75, 3.05) is 24.7 Å². The molecule has 5 aliphatic carbocycles. The molecule has 3 saturated carbocycles. The van der Waals surface area contributed by atoms with Crippen molar-refractivity contribution in [3.05, 3.63) is 83.0 Å². The molecule has 56 heavy (non-hydrogen) atoms. The first kappa shape index (κ1) is 39.8. The topological polar surface area (TPSA) is 164 Å². The molecule has 9 N–H and O–H groups in total. The van der Waals surface area contributed by atoms with Gasteiger partial charge in [0.15, 0.2) is 11.5 Å². The Kier molecular flexibility index (Phi) is 12.2. The number of aliphatic hydroxyl groups is 4. The first-order valence-electron chi connectivity index (χ1n) is 20.8. The molecule has 9 nitrogen and oxygen atoms in total. The van der Waals surface area contributed by atoms with Crippen molar-refractivity contribution in [2.45, 2.75) is 95.0 Å². The van der Waals surface area contributed by atoms with Gasteiger partial charge in [0.25, 0.3) is 0 Å². The Hall–Kier alpha value is -2.98. The highest BCUT2D eigenvalue weighted by molar-refractivity contribution is 8.76. The van der Waals surface area contributed by atoms with E-state index in [0.29, 0.717) is 55.0 Å². The second kappa shape index (κ2) is 17.1. The molecule has 0 spiro atoms. The number of rotatable bonds is 7. The lowest BCUT2D eigenvalue weighted by molar-refractivity contribution is -0.0374. The third-order valence-corrected chi connectivity index (χ3v) is 16.6. The molecule has 302 valence electrons. The largest absolute Gasteiger partial charge is 0.504 e. The summed E-state index contributed by atoms with van der Waals surface area (Å²) in [5.41, 5.74) is 10.6. The fraction of sp³-hybridized carbons (Fsp3) is 0.600. The van der Waals surface area contributed by atoms with E-state index in [-0.39, 0.29) is 53.1 Å². The van der Waals surface area contributed by atoms with E-state index >= 15 is 0 Å². The summed E-state index contributed by atoms with van der Waals surface area (Å²) < 4.78 is 6.73. The minimum Gasteiger partial charge on any atom is -0.504 e. The van der Waals surface area contributed by atoms with Crippen LogP contribution in [-0.4, -0.2) is 79.6 Å². The zero-order valence-corrected chi connectivity index (χ0v) is 34.0. The van der Waals surface area contributed by atoms with Crippen molar-refractivity contribution in [3.63, 3.8) is 0 Å². The number of aromatic amines is 1. The highest BCUT2D eigenvalue weighted by Gasteiger charge is 2.50. The zero-order chi connectivity index (χ0) is 39.0. The number of nitrogens with two attached hydrogens (primary N) is 1. The molecule has 1 aromatic heterocycles. The lowest BCUT2D eigenvalue weighted by Crippen LogP contribution is -2.42. The van der Waals surface area contributed by atoms with Gasteiger partial charge in [0.1, 0.15) is 11.9 Å². The molecule has 13 unspecified atom stereocenters. The fourth-order valence-corrected chi connectivity index (χ4v) is 13.6. The van der Waals surface area contributed by atoms with Crippen LogP contribution in [0.1, 0.15) is 75.5 Å². The van der Waals surface area contributed by atoms with Gasteiger partial charge in [-0.05, 0) is 110 Å². The maximum atomic E-state index is 12.1. The van der Waals surface area contributed by atoms with Gasteiger partial charge in [-0.3, -0.25) is 0 Å². The molecule has 3 heterocycles. The molecule has 4 bridgehead atoms. The third kappa shape index (κ3) is 8.04. The van der Waals surface area contributed by atoms with Crippen LogP contribution in [0.5, 0.6) is 11.5 Å². The number of phenols is 1. The molecule has 1 aromatic carbocycles. The maximum Gasteiger partial charge on any atom is 0.161 e. The number of ether oxygens (including phenoxy) is 1. The second-order valence-electron chi connectivity index (χ2n) is 17.4. The number of aromatic nitrogens is 1. The van der Waals surface area contributed by atoms with E-state index in [9.17, 15) is 25.5 Å². The predicted molar refractivity (Wildman–Crippen MR) is 223 cm³/mol. The molecule has 4 fully saturated rings. The second-order valence-corrected chi connectivity index (χ2v) is 19.9. The van der Waals surface area contributed by atoms with Gasteiger partial charge in [0, 0.05) is 71.2 Å². The van der Waals surface area contributed by atoms with Crippen molar-refractivity contribution in [3.8, 4) is 23.3 Å². The molecule has 13 atom stereocenters. The molecule has 2 aromatic rings. The average Bonchev–Trinajstić information content (AvgIpc) is 3.47. The van der Waals surface area contributed by atoms with Gasteiger partial charge in [-0.2, -0.15) is 0 Å². The lowest BCUT2D eigenvalue weighted by atomic mass is 9.62. The Labute approximate surface area is 339 Å². The SMILES string of the molecule is CCC12C#CC3C=CC(c4ccc(O)c(OC5CC(Cc6ccc[nH]6)C6=CCNC(N)=C6CSSCC(CO)C5O)c4)CC(O)C3C(O)C3CC(CCC1C3)C2. The smallest absolute Gasteiger partial charge is 0.161 e. The summed E-state index contributed by atoms with van der Waals surface area (Å²) in [4.78, 5) is 3.34. The number of dihydropyridines is 1. The average molecular weight is 802 g/mol. The van der Waals surface area contributed by atoms with Crippen LogP contribution < -0.4 is 15.8 Å². The number of allylic oxidation sites excluding steroid dienone is 3. The molecule has 1 saturated heterocycles. The number of fused-ring (bicyclic) bond motifs is 3. The van der Waals surface area contributed by atoms with Crippen LogP contribution in [0, 0.1) is 58.7 Å². The van der Waals surface area contributed by atoms with Gasteiger partial charge in [-0.1, -0.05) is 71.1 Å². The quantitative estimate of drug-likeness (QED) is 0.0945. The zero-order valence-electron chi connectivity index (χ0n) is 32.4.